The van der Waals surface area contributed by atoms with Crippen LogP contribution in [-0.4, -0.2) is 11.5 Å². The second-order valence-corrected chi connectivity index (χ2v) is 3.50. The monoisotopic (exact) mass is 176 g/mol. The van der Waals surface area contributed by atoms with Gasteiger partial charge in [0.05, 0.1) is 0 Å². The molecule has 0 amide bonds. The summed E-state index contributed by atoms with van der Waals surface area (Å²) < 4.78 is 0. The zero-order chi connectivity index (χ0) is 9.68. The van der Waals surface area contributed by atoms with Crippen LogP contribution in [0.15, 0.2) is 31.1 Å². The maximum absolute atomic E-state index is 4.03. The zero-order valence-corrected chi connectivity index (χ0v) is 8.25. The van der Waals surface area contributed by atoms with Crippen molar-refractivity contribution in [2.24, 2.45) is 5.92 Å². The van der Waals surface area contributed by atoms with Crippen molar-refractivity contribution in [1.29, 1.82) is 0 Å². The molecule has 1 N–H and O–H groups in total. The molecule has 1 aromatic rings. The van der Waals surface area contributed by atoms with Gasteiger partial charge in [0.2, 0.25) is 0 Å². The molecule has 0 spiro atoms. The topological polar surface area (TPSA) is 24.9 Å². The summed E-state index contributed by atoms with van der Waals surface area (Å²) in [5.74, 6) is 0.633. The molecule has 0 fully saturated rings. The van der Waals surface area contributed by atoms with Crippen LogP contribution in [0.3, 0.4) is 0 Å². The Labute approximate surface area is 79.7 Å². The van der Waals surface area contributed by atoms with Gasteiger partial charge in [-0.3, -0.25) is 4.98 Å². The molecule has 70 valence electrons. The normalized spacial score (nSPS) is 10.1. The van der Waals surface area contributed by atoms with E-state index in [1.807, 2.05) is 18.3 Å². The predicted molar refractivity (Wildman–Crippen MR) is 56.1 cm³/mol. The third kappa shape index (κ3) is 3.28. The molecule has 0 atom stereocenters. The molecule has 2 heteroatoms. The first-order valence-electron chi connectivity index (χ1n) is 4.53. The van der Waals surface area contributed by atoms with Gasteiger partial charge >= 0.3 is 0 Å². The molecule has 1 rings (SSSR count). The summed E-state index contributed by atoms with van der Waals surface area (Å²) in [6.07, 6.45) is 3.58. The van der Waals surface area contributed by atoms with Crippen LogP contribution in [0, 0.1) is 5.92 Å². The van der Waals surface area contributed by atoms with Crippen molar-refractivity contribution in [3.8, 4) is 0 Å². The van der Waals surface area contributed by atoms with Gasteiger partial charge < -0.3 is 5.32 Å². The van der Waals surface area contributed by atoms with E-state index in [9.17, 15) is 0 Å². The zero-order valence-electron chi connectivity index (χ0n) is 8.25. The highest BCUT2D eigenvalue weighted by atomic mass is 14.9. The molecule has 0 aliphatic rings. The molecule has 0 unspecified atom stereocenters. The molecule has 0 radical (unpaired) electrons. The van der Waals surface area contributed by atoms with Crippen molar-refractivity contribution in [3.63, 3.8) is 0 Å². The van der Waals surface area contributed by atoms with Crippen LogP contribution in [-0.2, 0) is 0 Å². The molecule has 0 aromatic carbocycles. The molecule has 13 heavy (non-hydrogen) atoms. The van der Waals surface area contributed by atoms with Crippen molar-refractivity contribution in [2.45, 2.75) is 13.8 Å². The summed E-state index contributed by atoms with van der Waals surface area (Å²) >= 11 is 0. The summed E-state index contributed by atoms with van der Waals surface area (Å²) in [7, 11) is 0. The fourth-order valence-electron chi connectivity index (χ4n) is 0.971. The largest absolute Gasteiger partial charge is 0.385 e. The Hall–Kier alpha value is -1.31. The van der Waals surface area contributed by atoms with E-state index in [1.54, 1.807) is 6.20 Å². The highest BCUT2D eigenvalue weighted by Crippen LogP contribution is 2.06. The van der Waals surface area contributed by atoms with Gasteiger partial charge in [-0.05, 0) is 18.1 Å². The van der Waals surface area contributed by atoms with Crippen molar-refractivity contribution in [1.82, 2.24) is 10.3 Å². The van der Waals surface area contributed by atoms with Crippen LogP contribution < -0.4 is 5.32 Å². The minimum absolute atomic E-state index is 0.633. The maximum Gasteiger partial charge on any atom is 0.0360 e. The molecule has 0 bridgehead atoms. The fraction of sp³-hybridized carbons (Fsp3) is 0.364. The molecule has 0 saturated heterocycles. The van der Waals surface area contributed by atoms with Crippen LogP contribution >= 0.6 is 0 Å². The number of nitrogens with one attached hydrogen (secondary N) is 1. The number of rotatable bonds is 4. The van der Waals surface area contributed by atoms with Crippen LogP contribution in [0.2, 0.25) is 0 Å². The van der Waals surface area contributed by atoms with Crippen molar-refractivity contribution < 1.29 is 0 Å². The standard InChI is InChI=1S/C11H16N2/c1-9(2)7-13-10(3)11-5-4-6-12-8-11/h4-6,8-9,13H,3,7H2,1-2H3. The number of aromatic nitrogens is 1. The first kappa shape index (κ1) is 9.78. The van der Waals surface area contributed by atoms with E-state index in [4.69, 9.17) is 0 Å². The van der Waals surface area contributed by atoms with Crippen LogP contribution in [0.1, 0.15) is 19.4 Å². The first-order valence-corrected chi connectivity index (χ1v) is 4.53. The average Bonchev–Trinajstić information content (AvgIpc) is 2.15. The van der Waals surface area contributed by atoms with E-state index in [0.29, 0.717) is 5.92 Å². The van der Waals surface area contributed by atoms with E-state index >= 15 is 0 Å². The number of hydrogen-bond donors (Lipinski definition) is 1. The Morgan fingerprint density at radius 1 is 1.62 bits per heavy atom. The second kappa shape index (κ2) is 4.65. The van der Waals surface area contributed by atoms with E-state index in [-0.39, 0.29) is 0 Å². The van der Waals surface area contributed by atoms with Gasteiger partial charge in [0, 0.05) is 30.2 Å². The summed E-state index contributed by atoms with van der Waals surface area (Å²) in [5, 5.41) is 3.26. The Balaban J connectivity index is 2.50. The summed E-state index contributed by atoms with van der Waals surface area (Å²) in [5.41, 5.74) is 2.00. The molecular formula is C11H16N2. The predicted octanol–water partition coefficient (Wildman–Crippen LogP) is 2.30. The Morgan fingerprint density at radius 2 is 2.38 bits per heavy atom. The maximum atomic E-state index is 4.03. The van der Waals surface area contributed by atoms with E-state index in [0.717, 1.165) is 17.8 Å². The van der Waals surface area contributed by atoms with Crippen LogP contribution in [0.5, 0.6) is 0 Å². The summed E-state index contributed by atoms with van der Waals surface area (Å²) in [6, 6.07) is 3.92. The Morgan fingerprint density at radius 3 is 2.92 bits per heavy atom. The molecule has 0 saturated carbocycles. The highest BCUT2D eigenvalue weighted by Gasteiger charge is 1.98. The van der Waals surface area contributed by atoms with E-state index in [1.165, 1.54) is 0 Å². The molecule has 1 heterocycles. The van der Waals surface area contributed by atoms with Gasteiger partial charge in [0.25, 0.3) is 0 Å². The van der Waals surface area contributed by atoms with Crippen molar-refractivity contribution in [3.05, 3.63) is 36.7 Å². The molecule has 2 nitrogen and oxygen atoms in total. The van der Waals surface area contributed by atoms with Crippen molar-refractivity contribution in [2.75, 3.05) is 6.54 Å². The lowest BCUT2D eigenvalue weighted by molar-refractivity contribution is 0.618. The molecule has 1 aromatic heterocycles. The SMILES string of the molecule is C=C(NCC(C)C)c1cccnc1. The first-order chi connectivity index (χ1) is 6.20. The van der Waals surface area contributed by atoms with Gasteiger partial charge in [0.15, 0.2) is 0 Å². The fourth-order valence-corrected chi connectivity index (χ4v) is 0.971. The Kier molecular flexibility index (Phi) is 3.50. The van der Waals surface area contributed by atoms with Crippen LogP contribution in [0.25, 0.3) is 5.70 Å². The minimum atomic E-state index is 0.633. The number of nitrogens with zero attached hydrogens (tertiary/aromatic N) is 1. The Bertz CT molecular complexity index is 265. The van der Waals surface area contributed by atoms with Gasteiger partial charge in [-0.15, -0.1) is 0 Å². The smallest absolute Gasteiger partial charge is 0.0360 e. The lowest BCUT2D eigenvalue weighted by atomic mass is 10.2. The van der Waals surface area contributed by atoms with E-state index < -0.39 is 0 Å². The van der Waals surface area contributed by atoms with Gasteiger partial charge in [0.1, 0.15) is 0 Å². The molecular weight excluding hydrogens is 160 g/mol. The average molecular weight is 176 g/mol. The van der Waals surface area contributed by atoms with Crippen molar-refractivity contribution >= 4 is 5.70 Å². The quantitative estimate of drug-likeness (QED) is 0.761. The van der Waals surface area contributed by atoms with Gasteiger partial charge in [-0.25, -0.2) is 0 Å². The van der Waals surface area contributed by atoms with Crippen LogP contribution in [0.4, 0.5) is 0 Å². The number of pyridine rings is 1. The summed E-state index contributed by atoms with van der Waals surface area (Å²) in [4.78, 5) is 4.03. The third-order valence-corrected chi connectivity index (χ3v) is 1.73. The third-order valence-electron chi connectivity index (χ3n) is 1.73. The summed E-state index contributed by atoms with van der Waals surface area (Å²) in [6.45, 7) is 9.24. The number of hydrogen-bond acceptors (Lipinski definition) is 2. The lowest BCUT2D eigenvalue weighted by Crippen LogP contribution is -2.17. The van der Waals surface area contributed by atoms with E-state index in [2.05, 4.69) is 30.7 Å². The lowest BCUT2D eigenvalue weighted by Gasteiger charge is -2.10. The second-order valence-electron chi connectivity index (χ2n) is 3.50. The minimum Gasteiger partial charge on any atom is -0.385 e. The van der Waals surface area contributed by atoms with Gasteiger partial charge in [-0.2, -0.15) is 0 Å². The molecule has 0 aliphatic carbocycles. The van der Waals surface area contributed by atoms with Gasteiger partial charge in [-0.1, -0.05) is 20.4 Å². The molecule has 0 aliphatic heterocycles. The highest BCUT2D eigenvalue weighted by molar-refractivity contribution is 5.60.